The second kappa shape index (κ2) is 8.79. The number of halogens is 2. The van der Waals surface area contributed by atoms with Crippen LogP contribution in [0.4, 0.5) is 8.78 Å². The molecular weight excluding hydrogens is 254 g/mol. The number of alkyl halides is 2. The minimum absolute atomic E-state index is 0.133. The van der Waals surface area contributed by atoms with E-state index in [2.05, 4.69) is 6.08 Å². The molecule has 116 valence electrons. The molecule has 0 atom stereocenters. The molecule has 0 N–H and O–H groups in total. The first kappa shape index (κ1) is 16.0. The van der Waals surface area contributed by atoms with Crippen LogP contribution >= 0.6 is 0 Å². The predicted octanol–water partition coefficient (Wildman–Crippen LogP) is 5.87. The molecule has 0 aliphatic heterocycles. The van der Waals surface area contributed by atoms with Gasteiger partial charge < -0.3 is 0 Å². The Morgan fingerprint density at radius 3 is 1.90 bits per heavy atom. The van der Waals surface area contributed by atoms with Gasteiger partial charge in [0.1, 0.15) is 0 Å². The van der Waals surface area contributed by atoms with Gasteiger partial charge in [-0.1, -0.05) is 25.0 Å². The lowest BCUT2D eigenvalue weighted by Gasteiger charge is -2.37. The highest BCUT2D eigenvalue weighted by Crippen LogP contribution is 2.42. The molecule has 0 radical (unpaired) electrons. The van der Waals surface area contributed by atoms with Gasteiger partial charge in [-0.2, -0.15) is 0 Å². The zero-order valence-electron chi connectivity index (χ0n) is 12.7. The molecule has 0 aromatic rings. The Labute approximate surface area is 123 Å². The van der Waals surface area contributed by atoms with Crippen molar-refractivity contribution in [3.63, 3.8) is 0 Å². The third-order valence-electron chi connectivity index (χ3n) is 5.58. The van der Waals surface area contributed by atoms with E-state index in [-0.39, 0.29) is 13.3 Å². The summed E-state index contributed by atoms with van der Waals surface area (Å²) in [7, 11) is 0. The minimum Gasteiger partial charge on any atom is -0.251 e. The molecule has 2 fully saturated rings. The number of hydrogen-bond acceptors (Lipinski definition) is 0. The standard InChI is InChI=1S/C18H30F2/c19-13-2-1-3-15-4-8-17(9-5-15)18-10-6-16(7-11-18)12-14-20/h1,3,15-18H,2,4-14H2/b3-1+. The molecule has 0 nitrogen and oxygen atoms in total. The molecule has 0 unspecified atom stereocenters. The van der Waals surface area contributed by atoms with Gasteiger partial charge in [0.2, 0.25) is 0 Å². The van der Waals surface area contributed by atoms with Crippen LogP contribution in [0.2, 0.25) is 0 Å². The van der Waals surface area contributed by atoms with Gasteiger partial charge in [-0.3, -0.25) is 8.78 Å². The maximum Gasteiger partial charge on any atom is 0.0928 e. The molecule has 0 aromatic heterocycles. The van der Waals surface area contributed by atoms with Crippen molar-refractivity contribution in [3.8, 4) is 0 Å². The summed E-state index contributed by atoms with van der Waals surface area (Å²) in [6.07, 6.45) is 16.1. The van der Waals surface area contributed by atoms with Crippen LogP contribution in [-0.4, -0.2) is 13.3 Å². The van der Waals surface area contributed by atoms with Crippen LogP contribution in [0, 0.1) is 23.7 Å². The molecule has 0 heterocycles. The summed E-state index contributed by atoms with van der Waals surface area (Å²) < 4.78 is 24.4. The molecule has 0 saturated heterocycles. The van der Waals surface area contributed by atoms with E-state index < -0.39 is 0 Å². The summed E-state index contributed by atoms with van der Waals surface area (Å²) in [4.78, 5) is 0. The Morgan fingerprint density at radius 1 is 0.750 bits per heavy atom. The van der Waals surface area contributed by atoms with Gasteiger partial charge in [0.25, 0.3) is 0 Å². The second-order valence-corrected chi connectivity index (χ2v) is 6.84. The molecule has 20 heavy (non-hydrogen) atoms. The van der Waals surface area contributed by atoms with Crippen molar-refractivity contribution in [2.24, 2.45) is 23.7 Å². The Morgan fingerprint density at radius 2 is 1.35 bits per heavy atom. The molecule has 0 bridgehead atoms. The maximum absolute atomic E-state index is 12.4. The third kappa shape index (κ3) is 4.86. The van der Waals surface area contributed by atoms with E-state index in [1.807, 2.05) is 6.08 Å². The van der Waals surface area contributed by atoms with E-state index in [0.29, 0.717) is 18.3 Å². The fraction of sp³-hybridized carbons (Fsp3) is 0.889. The largest absolute Gasteiger partial charge is 0.251 e. The lowest BCUT2D eigenvalue weighted by atomic mass is 9.69. The van der Waals surface area contributed by atoms with Gasteiger partial charge in [0.05, 0.1) is 13.3 Å². The summed E-state index contributed by atoms with van der Waals surface area (Å²) in [5, 5.41) is 0. The van der Waals surface area contributed by atoms with E-state index in [0.717, 1.165) is 18.3 Å². The average molecular weight is 284 g/mol. The predicted molar refractivity (Wildman–Crippen MR) is 81.2 cm³/mol. The van der Waals surface area contributed by atoms with Crippen LogP contribution in [0.3, 0.4) is 0 Å². The summed E-state index contributed by atoms with van der Waals surface area (Å²) in [5.41, 5.74) is 0. The van der Waals surface area contributed by atoms with E-state index in [4.69, 9.17) is 0 Å². The normalized spacial score (nSPS) is 35.5. The zero-order chi connectivity index (χ0) is 14.2. The van der Waals surface area contributed by atoms with Crippen LogP contribution in [0.25, 0.3) is 0 Å². The maximum atomic E-state index is 12.4. The van der Waals surface area contributed by atoms with E-state index in [1.165, 1.54) is 51.4 Å². The van der Waals surface area contributed by atoms with E-state index in [1.54, 1.807) is 0 Å². The average Bonchev–Trinajstić information content (AvgIpc) is 2.49. The van der Waals surface area contributed by atoms with Gasteiger partial charge in [-0.05, 0) is 75.0 Å². The fourth-order valence-electron chi connectivity index (χ4n) is 4.26. The topological polar surface area (TPSA) is 0 Å². The first-order valence-electron chi connectivity index (χ1n) is 8.62. The Kier molecular flexibility index (Phi) is 7.02. The molecule has 0 spiro atoms. The molecule has 2 aliphatic rings. The van der Waals surface area contributed by atoms with Crippen LogP contribution in [0.1, 0.15) is 64.2 Å². The Bertz CT molecular complexity index is 271. The number of hydrogen-bond donors (Lipinski definition) is 0. The summed E-state index contributed by atoms with van der Waals surface area (Å²) in [5.74, 6) is 3.17. The lowest BCUT2D eigenvalue weighted by Crippen LogP contribution is -2.25. The third-order valence-corrected chi connectivity index (χ3v) is 5.58. The minimum atomic E-state index is -0.228. The van der Waals surface area contributed by atoms with Crippen molar-refractivity contribution in [1.29, 1.82) is 0 Å². The number of allylic oxidation sites excluding steroid dienone is 2. The first-order valence-corrected chi connectivity index (χ1v) is 8.62. The van der Waals surface area contributed by atoms with Gasteiger partial charge in [0, 0.05) is 0 Å². The SMILES string of the molecule is FCC/C=C/C1CCC(C2CCC(CCF)CC2)CC1. The van der Waals surface area contributed by atoms with Crippen molar-refractivity contribution in [3.05, 3.63) is 12.2 Å². The summed E-state index contributed by atoms with van der Waals surface area (Å²) in [6.45, 7) is -0.361. The fourth-order valence-corrected chi connectivity index (χ4v) is 4.26. The quantitative estimate of drug-likeness (QED) is 0.535. The van der Waals surface area contributed by atoms with Crippen molar-refractivity contribution in [1.82, 2.24) is 0 Å². The molecule has 2 aliphatic carbocycles. The highest BCUT2D eigenvalue weighted by Gasteiger charge is 2.30. The van der Waals surface area contributed by atoms with E-state index >= 15 is 0 Å². The van der Waals surface area contributed by atoms with Gasteiger partial charge in [0.15, 0.2) is 0 Å². The first-order chi connectivity index (χ1) is 9.83. The smallest absolute Gasteiger partial charge is 0.0928 e. The van der Waals surface area contributed by atoms with Crippen molar-refractivity contribution in [2.45, 2.75) is 64.2 Å². The molecule has 2 heteroatoms. The van der Waals surface area contributed by atoms with Crippen LogP contribution in [0.5, 0.6) is 0 Å². The van der Waals surface area contributed by atoms with Gasteiger partial charge in [-0.25, -0.2) is 0 Å². The Hall–Kier alpha value is -0.400. The van der Waals surface area contributed by atoms with Gasteiger partial charge in [-0.15, -0.1) is 0 Å². The summed E-state index contributed by atoms with van der Waals surface area (Å²) >= 11 is 0. The van der Waals surface area contributed by atoms with Crippen LogP contribution in [0.15, 0.2) is 12.2 Å². The summed E-state index contributed by atoms with van der Waals surface area (Å²) in [6, 6.07) is 0. The Balaban J connectivity index is 1.67. The highest BCUT2D eigenvalue weighted by atomic mass is 19.1. The highest BCUT2D eigenvalue weighted by molar-refractivity contribution is 4.92. The molecular formula is C18H30F2. The lowest BCUT2D eigenvalue weighted by molar-refractivity contribution is 0.149. The van der Waals surface area contributed by atoms with Crippen molar-refractivity contribution in [2.75, 3.05) is 13.3 Å². The van der Waals surface area contributed by atoms with Gasteiger partial charge >= 0.3 is 0 Å². The molecule has 0 amide bonds. The zero-order valence-corrected chi connectivity index (χ0v) is 12.7. The number of rotatable bonds is 6. The molecule has 2 saturated carbocycles. The van der Waals surface area contributed by atoms with Crippen molar-refractivity contribution < 1.29 is 8.78 Å². The van der Waals surface area contributed by atoms with Crippen LogP contribution < -0.4 is 0 Å². The van der Waals surface area contributed by atoms with Crippen molar-refractivity contribution >= 4 is 0 Å². The molecule has 0 aromatic carbocycles. The monoisotopic (exact) mass is 284 g/mol. The second-order valence-electron chi connectivity index (χ2n) is 6.84. The van der Waals surface area contributed by atoms with Crippen LogP contribution in [-0.2, 0) is 0 Å². The van der Waals surface area contributed by atoms with E-state index in [9.17, 15) is 8.78 Å². The molecule has 2 rings (SSSR count).